The summed E-state index contributed by atoms with van der Waals surface area (Å²) < 4.78 is 6.10. The van der Waals surface area contributed by atoms with Gasteiger partial charge in [-0.25, -0.2) is 0 Å². The van der Waals surface area contributed by atoms with Crippen LogP contribution in [0.3, 0.4) is 0 Å². The number of hydrogen-bond donors (Lipinski definition) is 0. The zero-order chi connectivity index (χ0) is 10.7. The monoisotopic (exact) mass is 198 g/mol. The lowest BCUT2D eigenvalue weighted by Crippen LogP contribution is -2.17. The minimum absolute atomic E-state index is 0.527. The van der Waals surface area contributed by atoms with Gasteiger partial charge in [0.1, 0.15) is 0 Å². The van der Waals surface area contributed by atoms with Crippen LogP contribution in [0, 0.1) is 17.8 Å². The van der Waals surface area contributed by atoms with Gasteiger partial charge in [0.15, 0.2) is 0 Å². The highest BCUT2D eigenvalue weighted by atomic mass is 16.5. The van der Waals surface area contributed by atoms with Crippen LogP contribution in [-0.2, 0) is 4.74 Å². The summed E-state index contributed by atoms with van der Waals surface area (Å²) in [5.74, 6) is 2.30. The molecule has 0 N–H and O–H groups in total. The Morgan fingerprint density at radius 2 is 1.64 bits per heavy atom. The molecule has 0 saturated carbocycles. The predicted octanol–water partition coefficient (Wildman–Crippen LogP) is 3.87. The fraction of sp³-hybridized carbons (Fsp3) is 1.00. The van der Waals surface area contributed by atoms with Crippen LogP contribution in [0.15, 0.2) is 0 Å². The standard InChI is InChI=1S/C13H26O/c1-9(2)6-12-8-11(5)13(14-12)7-10(3)4/h9-13H,6-8H2,1-5H3. The molecule has 84 valence electrons. The summed E-state index contributed by atoms with van der Waals surface area (Å²) in [6.45, 7) is 11.5. The average molecular weight is 198 g/mol. The summed E-state index contributed by atoms with van der Waals surface area (Å²) in [6, 6.07) is 0. The van der Waals surface area contributed by atoms with E-state index in [0.717, 1.165) is 17.8 Å². The molecule has 0 aliphatic carbocycles. The second-order valence-electron chi connectivity index (χ2n) is 5.77. The molecule has 3 atom stereocenters. The Morgan fingerprint density at radius 1 is 1.07 bits per heavy atom. The van der Waals surface area contributed by atoms with Crippen molar-refractivity contribution in [2.24, 2.45) is 17.8 Å². The smallest absolute Gasteiger partial charge is 0.0607 e. The van der Waals surface area contributed by atoms with Gasteiger partial charge in [0, 0.05) is 0 Å². The highest BCUT2D eigenvalue weighted by Crippen LogP contribution is 2.32. The molecule has 1 heteroatoms. The lowest BCUT2D eigenvalue weighted by Gasteiger charge is -2.18. The van der Waals surface area contributed by atoms with Crippen molar-refractivity contribution in [1.29, 1.82) is 0 Å². The SMILES string of the molecule is CC(C)CC1CC(C)C(CC(C)C)O1. The highest BCUT2D eigenvalue weighted by molar-refractivity contribution is 4.80. The van der Waals surface area contributed by atoms with Gasteiger partial charge in [0.2, 0.25) is 0 Å². The first kappa shape index (κ1) is 12.0. The molecule has 0 spiro atoms. The fourth-order valence-electron chi connectivity index (χ4n) is 2.43. The van der Waals surface area contributed by atoms with Crippen LogP contribution in [0.4, 0.5) is 0 Å². The van der Waals surface area contributed by atoms with Gasteiger partial charge in [-0.15, -0.1) is 0 Å². The van der Waals surface area contributed by atoms with Gasteiger partial charge in [-0.2, -0.15) is 0 Å². The summed E-state index contributed by atoms with van der Waals surface area (Å²) in [6.07, 6.45) is 4.80. The van der Waals surface area contributed by atoms with Gasteiger partial charge >= 0.3 is 0 Å². The lowest BCUT2D eigenvalue weighted by molar-refractivity contribution is 0.0152. The molecule has 1 aliphatic heterocycles. The minimum Gasteiger partial charge on any atom is -0.375 e. The molecule has 1 rings (SSSR count). The molecule has 1 heterocycles. The predicted molar refractivity (Wildman–Crippen MR) is 61.4 cm³/mol. The van der Waals surface area contributed by atoms with Gasteiger partial charge < -0.3 is 4.74 Å². The van der Waals surface area contributed by atoms with Crippen LogP contribution in [-0.4, -0.2) is 12.2 Å². The summed E-state index contributed by atoms with van der Waals surface area (Å²) in [7, 11) is 0. The zero-order valence-electron chi connectivity index (χ0n) is 10.4. The second-order valence-corrected chi connectivity index (χ2v) is 5.77. The molecule has 1 nitrogen and oxygen atoms in total. The Morgan fingerprint density at radius 3 is 2.14 bits per heavy atom. The molecular weight excluding hydrogens is 172 g/mol. The van der Waals surface area contributed by atoms with E-state index in [1.165, 1.54) is 19.3 Å². The first-order chi connectivity index (χ1) is 6.49. The lowest BCUT2D eigenvalue weighted by atomic mass is 9.93. The minimum atomic E-state index is 0.527. The van der Waals surface area contributed by atoms with E-state index in [-0.39, 0.29) is 0 Å². The van der Waals surface area contributed by atoms with Crippen LogP contribution < -0.4 is 0 Å². The molecule has 0 aromatic heterocycles. The molecule has 1 fully saturated rings. The Labute approximate surface area is 89.2 Å². The molecule has 1 aliphatic rings. The maximum Gasteiger partial charge on any atom is 0.0607 e. The van der Waals surface area contributed by atoms with E-state index in [4.69, 9.17) is 4.74 Å². The van der Waals surface area contributed by atoms with Gasteiger partial charge in [-0.3, -0.25) is 0 Å². The largest absolute Gasteiger partial charge is 0.375 e. The summed E-state index contributed by atoms with van der Waals surface area (Å²) in [5, 5.41) is 0. The van der Waals surface area contributed by atoms with E-state index in [0.29, 0.717) is 12.2 Å². The van der Waals surface area contributed by atoms with Crippen LogP contribution in [0.2, 0.25) is 0 Å². The number of hydrogen-bond acceptors (Lipinski definition) is 1. The fourth-order valence-corrected chi connectivity index (χ4v) is 2.43. The molecular formula is C13H26O. The van der Waals surface area contributed by atoms with Crippen LogP contribution in [0.1, 0.15) is 53.9 Å². The van der Waals surface area contributed by atoms with Crippen molar-refractivity contribution in [3.63, 3.8) is 0 Å². The van der Waals surface area contributed by atoms with Crippen molar-refractivity contribution in [2.75, 3.05) is 0 Å². The average Bonchev–Trinajstić information content (AvgIpc) is 2.28. The van der Waals surface area contributed by atoms with E-state index < -0.39 is 0 Å². The van der Waals surface area contributed by atoms with E-state index in [1.807, 2.05) is 0 Å². The van der Waals surface area contributed by atoms with Gasteiger partial charge in [0.25, 0.3) is 0 Å². The summed E-state index contributed by atoms with van der Waals surface area (Å²) in [5.41, 5.74) is 0. The van der Waals surface area contributed by atoms with Crippen molar-refractivity contribution in [3.8, 4) is 0 Å². The molecule has 0 radical (unpaired) electrons. The van der Waals surface area contributed by atoms with Crippen LogP contribution in [0.5, 0.6) is 0 Å². The summed E-state index contributed by atoms with van der Waals surface area (Å²) in [4.78, 5) is 0. The van der Waals surface area contributed by atoms with Gasteiger partial charge in [-0.1, -0.05) is 34.6 Å². The molecule has 0 aromatic carbocycles. The number of rotatable bonds is 4. The first-order valence-electron chi connectivity index (χ1n) is 6.14. The Kier molecular flexibility index (Phi) is 4.43. The zero-order valence-corrected chi connectivity index (χ0v) is 10.4. The molecule has 0 bridgehead atoms. The van der Waals surface area contributed by atoms with E-state index in [1.54, 1.807) is 0 Å². The summed E-state index contributed by atoms with van der Waals surface area (Å²) >= 11 is 0. The molecule has 3 unspecified atom stereocenters. The first-order valence-corrected chi connectivity index (χ1v) is 6.14. The molecule has 0 amide bonds. The third-order valence-corrected chi connectivity index (χ3v) is 3.07. The van der Waals surface area contributed by atoms with Crippen LogP contribution >= 0.6 is 0 Å². The quantitative estimate of drug-likeness (QED) is 0.666. The third-order valence-electron chi connectivity index (χ3n) is 3.07. The Hall–Kier alpha value is -0.0400. The normalized spacial score (nSPS) is 33.2. The van der Waals surface area contributed by atoms with E-state index in [9.17, 15) is 0 Å². The van der Waals surface area contributed by atoms with Crippen LogP contribution in [0.25, 0.3) is 0 Å². The molecule has 1 saturated heterocycles. The molecule has 14 heavy (non-hydrogen) atoms. The van der Waals surface area contributed by atoms with Crippen molar-refractivity contribution < 1.29 is 4.74 Å². The topological polar surface area (TPSA) is 9.23 Å². The highest BCUT2D eigenvalue weighted by Gasteiger charge is 2.32. The second kappa shape index (κ2) is 5.16. The van der Waals surface area contributed by atoms with Gasteiger partial charge in [0.05, 0.1) is 12.2 Å². The maximum atomic E-state index is 6.10. The molecule has 0 aromatic rings. The van der Waals surface area contributed by atoms with Crippen molar-refractivity contribution >= 4 is 0 Å². The van der Waals surface area contributed by atoms with Crippen molar-refractivity contribution in [1.82, 2.24) is 0 Å². The van der Waals surface area contributed by atoms with Gasteiger partial charge in [-0.05, 0) is 37.0 Å². The third kappa shape index (κ3) is 3.61. The number of ether oxygens (including phenoxy) is 1. The maximum absolute atomic E-state index is 6.10. The Balaban J connectivity index is 2.35. The van der Waals surface area contributed by atoms with Crippen molar-refractivity contribution in [3.05, 3.63) is 0 Å². The Bertz CT molecular complexity index is 163. The van der Waals surface area contributed by atoms with E-state index in [2.05, 4.69) is 34.6 Å². The van der Waals surface area contributed by atoms with Crippen molar-refractivity contribution in [2.45, 2.75) is 66.1 Å². The van der Waals surface area contributed by atoms with E-state index >= 15 is 0 Å².